The minimum absolute atomic E-state index is 0.140. The van der Waals surface area contributed by atoms with Gasteiger partial charge >= 0.3 is 0 Å². The van der Waals surface area contributed by atoms with Gasteiger partial charge in [-0.3, -0.25) is 9.59 Å². The van der Waals surface area contributed by atoms with E-state index in [1.165, 1.54) is 12.5 Å². The number of benzene rings is 1. The molecule has 1 amide bonds. The zero-order valence-corrected chi connectivity index (χ0v) is 15.6. The van der Waals surface area contributed by atoms with Crippen molar-refractivity contribution in [2.24, 2.45) is 5.92 Å². The number of hydrogen-bond acceptors (Lipinski definition) is 5. The summed E-state index contributed by atoms with van der Waals surface area (Å²) in [6.07, 6.45) is 4.68. The Kier molecular flexibility index (Phi) is 5.12. The molecule has 0 aromatic heterocycles. The quantitative estimate of drug-likeness (QED) is 0.860. The van der Waals surface area contributed by atoms with Gasteiger partial charge in [-0.15, -0.1) is 0 Å². The van der Waals surface area contributed by atoms with Gasteiger partial charge in [-0.25, -0.2) is 0 Å². The van der Waals surface area contributed by atoms with Crippen molar-refractivity contribution in [1.29, 1.82) is 0 Å². The molecule has 1 aromatic carbocycles. The lowest BCUT2D eigenvalue weighted by molar-refractivity contribution is -0.124. The van der Waals surface area contributed by atoms with E-state index in [0.717, 1.165) is 19.3 Å². The maximum atomic E-state index is 12.2. The molecular weight excluding hydrogens is 334 g/mol. The van der Waals surface area contributed by atoms with Crippen LogP contribution < -0.4 is 14.8 Å². The van der Waals surface area contributed by atoms with Gasteiger partial charge in [-0.1, -0.05) is 19.8 Å². The Bertz CT molecular complexity index is 712. The SMILES string of the molecule is C[C@H]1CCCC[C@@H]1NC(=O)COc1cc(O)c2c(c1)OC(C)(C)CC2=O. The number of amides is 1. The van der Waals surface area contributed by atoms with Crippen molar-refractivity contribution >= 4 is 11.7 Å². The van der Waals surface area contributed by atoms with Crippen LogP contribution in [0.3, 0.4) is 0 Å². The fourth-order valence-corrected chi connectivity index (χ4v) is 3.76. The van der Waals surface area contributed by atoms with Crippen LogP contribution >= 0.6 is 0 Å². The molecular formula is C20H27NO5. The molecule has 1 aliphatic carbocycles. The lowest BCUT2D eigenvalue weighted by atomic mass is 9.86. The fraction of sp³-hybridized carbons (Fsp3) is 0.600. The van der Waals surface area contributed by atoms with E-state index in [2.05, 4.69) is 12.2 Å². The molecule has 0 bridgehead atoms. The topological polar surface area (TPSA) is 84.9 Å². The molecule has 1 heterocycles. The average Bonchev–Trinajstić information content (AvgIpc) is 2.53. The van der Waals surface area contributed by atoms with Crippen LogP contribution in [0.15, 0.2) is 12.1 Å². The van der Waals surface area contributed by atoms with Gasteiger partial charge < -0.3 is 19.9 Å². The molecule has 1 aromatic rings. The van der Waals surface area contributed by atoms with Crippen LogP contribution in [-0.4, -0.2) is 35.0 Å². The number of phenolic OH excluding ortho intramolecular Hbond substituents is 1. The fourth-order valence-electron chi connectivity index (χ4n) is 3.76. The second kappa shape index (κ2) is 7.17. The van der Waals surface area contributed by atoms with Crippen LogP contribution in [0.25, 0.3) is 0 Å². The summed E-state index contributed by atoms with van der Waals surface area (Å²) < 4.78 is 11.3. The first kappa shape index (κ1) is 18.5. The van der Waals surface area contributed by atoms with Gasteiger partial charge in [0.25, 0.3) is 5.91 Å². The third-order valence-electron chi connectivity index (χ3n) is 5.13. The molecule has 0 radical (unpaired) electrons. The van der Waals surface area contributed by atoms with Gasteiger partial charge in [0.1, 0.15) is 28.4 Å². The second-order valence-corrected chi connectivity index (χ2v) is 8.00. The van der Waals surface area contributed by atoms with Gasteiger partial charge in [0, 0.05) is 18.2 Å². The molecule has 6 heteroatoms. The van der Waals surface area contributed by atoms with Crippen molar-refractivity contribution < 1.29 is 24.2 Å². The summed E-state index contributed by atoms with van der Waals surface area (Å²) in [7, 11) is 0. The van der Waals surface area contributed by atoms with E-state index >= 15 is 0 Å². The van der Waals surface area contributed by atoms with Crippen molar-refractivity contribution in [2.45, 2.75) is 64.5 Å². The van der Waals surface area contributed by atoms with Crippen LogP contribution in [0, 0.1) is 5.92 Å². The highest BCUT2D eigenvalue weighted by molar-refractivity contribution is 6.03. The van der Waals surface area contributed by atoms with Crippen LogP contribution in [0.4, 0.5) is 0 Å². The van der Waals surface area contributed by atoms with Crippen molar-refractivity contribution in [3.05, 3.63) is 17.7 Å². The number of ether oxygens (including phenoxy) is 2. The van der Waals surface area contributed by atoms with E-state index < -0.39 is 5.60 Å². The maximum absolute atomic E-state index is 12.2. The average molecular weight is 361 g/mol. The molecule has 0 unspecified atom stereocenters. The molecule has 2 aliphatic rings. The lowest BCUT2D eigenvalue weighted by Gasteiger charge is -2.32. The Morgan fingerprint density at radius 2 is 2.08 bits per heavy atom. The summed E-state index contributed by atoms with van der Waals surface area (Å²) in [4.78, 5) is 24.4. The van der Waals surface area contributed by atoms with Crippen molar-refractivity contribution in [1.82, 2.24) is 5.32 Å². The Balaban J connectivity index is 1.64. The van der Waals surface area contributed by atoms with Crippen molar-refractivity contribution in [3.63, 3.8) is 0 Å². The number of fused-ring (bicyclic) bond motifs is 1. The Morgan fingerprint density at radius 3 is 2.81 bits per heavy atom. The summed E-state index contributed by atoms with van der Waals surface area (Å²) in [6.45, 7) is 5.65. The largest absolute Gasteiger partial charge is 0.507 e. The van der Waals surface area contributed by atoms with Crippen LogP contribution in [0.2, 0.25) is 0 Å². The number of carbonyl (C=O) groups is 2. The smallest absolute Gasteiger partial charge is 0.258 e. The summed E-state index contributed by atoms with van der Waals surface area (Å²) in [6, 6.07) is 3.11. The van der Waals surface area contributed by atoms with E-state index in [-0.39, 0.29) is 42.1 Å². The first-order valence-electron chi connectivity index (χ1n) is 9.26. The molecule has 142 valence electrons. The van der Waals surface area contributed by atoms with E-state index in [4.69, 9.17) is 9.47 Å². The molecule has 1 aliphatic heterocycles. The summed E-state index contributed by atoms with van der Waals surface area (Å²) in [5.74, 6) is 0.546. The zero-order chi connectivity index (χ0) is 18.9. The number of hydrogen-bond donors (Lipinski definition) is 2. The minimum atomic E-state index is -0.635. The molecule has 1 saturated carbocycles. The second-order valence-electron chi connectivity index (χ2n) is 8.00. The molecule has 6 nitrogen and oxygen atoms in total. The molecule has 2 atom stereocenters. The number of carbonyl (C=O) groups excluding carboxylic acids is 2. The normalized spacial score (nSPS) is 24.3. The minimum Gasteiger partial charge on any atom is -0.507 e. The van der Waals surface area contributed by atoms with E-state index in [1.807, 2.05) is 13.8 Å². The predicted molar refractivity (Wildman–Crippen MR) is 96.8 cm³/mol. The van der Waals surface area contributed by atoms with Gasteiger partial charge in [0.15, 0.2) is 12.4 Å². The Labute approximate surface area is 153 Å². The molecule has 26 heavy (non-hydrogen) atoms. The van der Waals surface area contributed by atoms with Crippen molar-refractivity contribution in [3.8, 4) is 17.2 Å². The van der Waals surface area contributed by atoms with Gasteiger partial charge in [0.2, 0.25) is 0 Å². The molecule has 0 spiro atoms. The summed E-state index contributed by atoms with van der Waals surface area (Å²) >= 11 is 0. The molecule has 3 rings (SSSR count). The number of Topliss-reactive ketones (excluding diaryl/α,β-unsaturated/α-hetero) is 1. The standard InChI is InChI=1S/C20H27NO5/c1-12-6-4-5-7-14(12)21-18(24)11-25-13-8-15(22)19-16(23)10-20(2,3)26-17(19)9-13/h8-9,12,14,22H,4-7,10-11H2,1-3H3,(H,21,24)/t12-,14-/m0/s1. The maximum Gasteiger partial charge on any atom is 0.258 e. The summed E-state index contributed by atoms with van der Waals surface area (Å²) in [5, 5.41) is 13.2. The monoisotopic (exact) mass is 361 g/mol. The van der Waals surface area contributed by atoms with Crippen molar-refractivity contribution in [2.75, 3.05) is 6.61 Å². The predicted octanol–water partition coefficient (Wildman–Crippen LogP) is 3.21. The summed E-state index contributed by atoms with van der Waals surface area (Å²) in [5.41, 5.74) is -0.457. The van der Waals surface area contributed by atoms with Crippen LogP contribution in [0.5, 0.6) is 17.2 Å². The van der Waals surface area contributed by atoms with Gasteiger partial charge in [0.05, 0.1) is 6.42 Å². The number of nitrogens with one attached hydrogen (secondary N) is 1. The number of rotatable bonds is 4. The number of ketones is 1. The van der Waals surface area contributed by atoms with E-state index in [9.17, 15) is 14.7 Å². The highest BCUT2D eigenvalue weighted by Gasteiger charge is 2.35. The van der Waals surface area contributed by atoms with Gasteiger partial charge in [-0.05, 0) is 32.6 Å². The molecule has 2 N–H and O–H groups in total. The Hall–Kier alpha value is -2.24. The number of aromatic hydroxyl groups is 1. The Morgan fingerprint density at radius 1 is 1.35 bits per heavy atom. The number of phenols is 1. The van der Waals surface area contributed by atoms with E-state index in [0.29, 0.717) is 17.4 Å². The molecule has 0 saturated heterocycles. The first-order valence-corrected chi connectivity index (χ1v) is 9.26. The first-order chi connectivity index (χ1) is 12.2. The third-order valence-corrected chi connectivity index (χ3v) is 5.13. The lowest BCUT2D eigenvalue weighted by Crippen LogP contribution is -2.43. The van der Waals surface area contributed by atoms with Crippen LogP contribution in [0.1, 0.15) is 63.2 Å². The zero-order valence-electron chi connectivity index (χ0n) is 15.6. The third kappa shape index (κ3) is 4.11. The highest BCUT2D eigenvalue weighted by atomic mass is 16.5. The highest BCUT2D eigenvalue weighted by Crippen LogP contribution is 2.40. The van der Waals surface area contributed by atoms with Gasteiger partial charge in [-0.2, -0.15) is 0 Å². The van der Waals surface area contributed by atoms with Crippen LogP contribution in [-0.2, 0) is 4.79 Å². The van der Waals surface area contributed by atoms with E-state index in [1.54, 1.807) is 6.07 Å². The molecule has 1 fully saturated rings.